The van der Waals surface area contributed by atoms with Crippen molar-refractivity contribution in [1.29, 1.82) is 0 Å². The molecule has 4 rings (SSSR count). The monoisotopic (exact) mass is 404 g/mol. The molecule has 0 amide bonds. The maximum atomic E-state index is 10.7. The summed E-state index contributed by atoms with van der Waals surface area (Å²) >= 11 is 0. The molecule has 1 atom stereocenters. The molecule has 1 heterocycles. The first kappa shape index (κ1) is 20.3. The molecule has 0 spiro atoms. The van der Waals surface area contributed by atoms with E-state index in [4.69, 9.17) is 9.47 Å². The number of hydrogen-bond acceptors (Lipinski definition) is 4. The number of methoxy groups -OCH3 is 2. The minimum atomic E-state index is -0.694. The van der Waals surface area contributed by atoms with Gasteiger partial charge in [-0.2, -0.15) is 0 Å². The summed E-state index contributed by atoms with van der Waals surface area (Å²) in [6.07, 6.45) is -0.694. The standard InChI is InChI=1S/C25H28N2O3/c1-4-27-22-8-6-5-7-19(22)20-13-17(9-11-23(20)27)15-26-16-24(28)21-14-18(29-2)10-12-25(21)30-3/h5-14,24,26,28H,4,15-16H2,1-3H3. The van der Waals surface area contributed by atoms with E-state index in [0.717, 1.165) is 6.54 Å². The highest BCUT2D eigenvalue weighted by molar-refractivity contribution is 6.08. The number of ether oxygens (including phenoxy) is 2. The van der Waals surface area contributed by atoms with Gasteiger partial charge in [0.15, 0.2) is 0 Å². The Balaban J connectivity index is 1.51. The van der Waals surface area contributed by atoms with E-state index in [2.05, 4.69) is 59.3 Å². The van der Waals surface area contributed by atoms with Crippen LogP contribution in [-0.2, 0) is 13.1 Å². The number of nitrogens with one attached hydrogen (secondary N) is 1. The van der Waals surface area contributed by atoms with Crippen molar-refractivity contribution in [2.24, 2.45) is 0 Å². The number of hydrogen-bond donors (Lipinski definition) is 2. The summed E-state index contributed by atoms with van der Waals surface area (Å²) in [4.78, 5) is 0. The van der Waals surface area contributed by atoms with Crippen molar-refractivity contribution in [3.05, 3.63) is 71.8 Å². The molecule has 0 bridgehead atoms. The molecule has 0 saturated heterocycles. The van der Waals surface area contributed by atoms with Crippen LogP contribution in [0.1, 0.15) is 24.2 Å². The summed E-state index contributed by atoms with van der Waals surface area (Å²) in [6, 6.07) is 20.6. The van der Waals surface area contributed by atoms with E-state index in [1.165, 1.54) is 27.4 Å². The molecule has 0 aliphatic heterocycles. The van der Waals surface area contributed by atoms with Crippen molar-refractivity contribution in [3.63, 3.8) is 0 Å². The summed E-state index contributed by atoms with van der Waals surface area (Å²) in [5.74, 6) is 1.35. The van der Waals surface area contributed by atoms with Crippen LogP contribution in [0.2, 0.25) is 0 Å². The van der Waals surface area contributed by atoms with Crippen molar-refractivity contribution in [2.75, 3.05) is 20.8 Å². The van der Waals surface area contributed by atoms with Crippen LogP contribution in [0.5, 0.6) is 11.5 Å². The lowest BCUT2D eigenvalue weighted by Crippen LogP contribution is -2.21. The second-order valence-electron chi connectivity index (χ2n) is 7.37. The van der Waals surface area contributed by atoms with E-state index in [9.17, 15) is 5.11 Å². The Morgan fingerprint density at radius 2 is 1.73 bits per heavy atom. The normalized spacial score (nSPS) is 12.4. The number of fused-ring (bicyclic) bond motifs is 3. The topological polar surface area (TPSA) is 55.7 Å². The van der Waals surface area contributed by atoms with Gasteiger partial charge in [0.1, 0.15) is 11.5 Å². The minimum absolute atomic E-state index is 0.415. The molecule has 30 heavy (non-hydrogen) atoms. The third-order valence-corrected chi connectivity index (χ3v) is 5.62. The number of benzene rings is 3. The summed E-state index contributed by atoms with van der Waals surface area (Å²) < 4.78 is 13.0. The first-order valence-corrected chi connectivity index (χ1v) is 10.3. The SMILES string of the molecule is CCn1c2ccccc2c2cc(CNCC(O)c3cc(OC)ccc3OC)ccc21. The van der Waals surface area contributed by atoms with Gasteiger partial charge in [-0.25, -0.2) is 0 Å². The average Bonchev–Trinajstić information content (AvgIpc) is 3.11. The Hall–Kier alpha value is -3.02. The zero-order valence-corrected chi connectivity index (χ0v) is 17.7. The predicted molar refractivity (Wildman–Crippen MR) is 121 cm³/mol. The van der Waals surface area contributed by atoms with E-state index in [0.29, 0.717) is 30.2 Å². The smallest absolute Gasteiger partial charge is 0.124 e. The molecular weight excluding hydrogens is 376 g/mol. The Morgan fingerprint density at radius 3 is 2.50 bits per heavy atom. The molecule has 0 saturated carbocycles. The van der Waals surface area contributed by atoms with Gasteiger partial charge in [0, 0.05) is 47.0 Å². The third kappa shape index (κ3) is 3.74. The number of nitrogens with zero attached hydrogens (tertiary/aromatic N) is 1. The van der Waals surface area contributed by atoms with Crippen LogP contribution in [0, 0.1) is 0 Å². The van der Waals surface area contributed by atoms with Gasteiger partial charge in [-0.3, -0.25) is 0 Å². The van der Waals surface area contributed by atoms with Crippen LogP contribution in [0.4, 0.5) is 0 Å². The number of aryl methyl sites for hydroxylation is 1. The van der Waals surface area contributed by atoms with Crippen molar-refractivity contribution < 1.29 is 14.6 Å². The molecule has 5 heteroatoms. The summed E-state index contributed by atoms with van der Waals surface area (Å²) in [7, 11) is 3.22. The van der Waals surface area contributed by atoms with E-state index in [1.54, 1.807) is 14.2 Å². The van der Waals surface area contributed by atoms with Crippen LogP contribution < -0.4 is 14.8 Å². The largest absolute Gasteiger partial charge is 0.497 e. The number of rotatable bonds is 8. The molecule has 0 aliphatic carbocycles. The Labute approximate surface area is 176 Å². The van der Waals surface area contributed by atoms with Crippen molar-refractivity contribution in [2.45, 2.75) is 26.1 Å². The van der Waals surface area contributed by atoms with Gasteiger partial charge in [-0.05, 0) is 48.9 Å². The minimum Gasteiger partial charge on any atom is -0.497 e. The summed E-state index contributed by atoms with van der Waals surface area (Å²) in [5.41, 5.74) is 4.42. The number of para-hydroxylation sites is 1. The maximum Gasteiger partial charge on any atom is 0.124 e. The lowest BCUT2D eigenvalue weighted by atomic mass is 10.1. The lowest BCUT2D eigenvalue weighted by molar-refractivity contribution is 0.169. The van der Waals surface area contributed by atoms with Gasteiger partial charge in [0.05, 0.1) is 20.3 Å². The molecule has 0 aliphatic rings. The van der Waals surface area contributed by atoms with Crippen molar-refractivity contribution in [1.82, 2.24) is 9.88 Å². The number of aliphatic hydroxyl groups is 1. The quantitative estimate of drug-likeness (QED) is 0.449. The molecule has 1 aromatic heterocycles. The van der Waals surface area contributed by atoms with Crippen molar-refractivity contribution >= 4 is 21.8 Å². The molecule has 0 fully saturated rings. The molecule has 2 N–H and O–H groups in total. The van der Waals surface area contributed by atoms with Crippen LogP contribution in [0.3, 0.4) is 0 Å². The molecule has 5 nitrogen and oxygen atoms in total. The van der Waals surface area contributed by atoms with E-state index in [-0.39, 0.29) is 0 Å². The second kappa shape index (κ2) is 8.78. The van der Waals surface area contributed by atoms with Gasteiger partial charge in [-0.1, -0.05) is 24.3 Å². The average molecular weight is 405 g/mol. The molecule has 156 valence electrons. The van der Waals surface area contributed by atoms with E-state index >= 15 is 0 Å². The highest BCUT2D eigenvalue weighted by Gasteiger charge is 2.15. The molecule has 0 radical (unpaired) electrons. The van der Waals surface area contributed by atoms with Gasteiger partial charge in [0.2, 0.25) is 0 Å². The highest BCUT2D eigenvalue weighted by Crippen LogP contribution is 2.31. The van der Waals surface area contributed by atoms with Crippen LogP contribution >= 0.6 is 0 Å². The summed E-state index contributed by atoms with van der Waals surface area (Å²) in [6.45, 7) is 4.20. The third-order valence-electron chi connectivity index (χ3n) is 5.62. The highest BCUT2D eigenvalue weighted by atomic mass is 16.5. The number of aliphatic hydroxyl groups excluding tert-OH is 1. The Morgan fingerprint density at radius 1 is 0.933 bits per heavy atom. The van der Waals surface area contributed by atoms with E-state index < -0.39 is 6.10 Å². The zero-order valence-electron chi connectivity index (χ0n) is 17.7. The molecule has 4 aromatic rings. The Kier molecular flexibility index (Phi) is 5.93. The summed E-state index contributed by atoms with van der Waals surface area (Å²) in [5, 5.41) is 16.6. The lowest BCUT2D eigenvalue weighted by Gasteiger charge is -2.16. The van der Waals surface area contributed by atoms with Gasteiger partial charge in [0.25, 0.3) is 0 Å². The van der Waals surface area contributed by atoms with Crippen LogP contribution in [0.15, 0.2) is 60.7 Å². The first-order chi connectivity index (χ1) is 14.7. The van der Waals surface area contributed by atoms with Gasteiger partial charge >= 0.3 is 0 Å². The fourth-order valence-electron chi connectivity index (χ4n) is 4.11. The zero-order chi connectivity index (χ0) is 21.1. The molecule has 1 unspecified atom stereocenters. The van der Waals surface area contributed by atoms with Gasteiger partial charge < -0.3 is 24.5 Å². The van der Waals surface area contributed by atoms with Crippen LogP contribution in [-0.4, -0.2) is 30.4 Å². The Bertz CT molecular complexity index is 1170. The van der Waals surface area contributed by atoms with Crippen molar-refractivity contribution in [3.8, 4) is 11.5 Å². The first-order valence-electron chi connectivity index (χ1n) is 10.3. The second-order valence-corrected chi connectivity index (χ2v) is 7.37. The van der Waals surface area contributed by atoms with Crippen LogP contribution in [0.25, 0.3) is 21.8 Å². The fraction of sp³-hybridized carbons (Fsp3) is 0.280. The molecule has 3 aromatic carbocycles. The maximum absolute atomic E-state index is 10.7. The predicted octanol–water partition coefficient (Wildman–Crippen LogP) is 4.65. The molecular formula is C25H28N2O3. The van der Waals surface area contributed by atoms with Gasteiger partial charge in [-0.15, -0.1) is 0 Å². The van der Waals surface area contributed by atoms with E-state index in [1.807, 2.05) is 18.2 Å². The fourth-order valence-corrected chi connectivity index (χ4v) is 4.11. The number of aromatic nitrogens is 1.